The van der Waals surface area contributed by atoms with Gasteiger partial charge >= 0.3 is 5.97 Å². The Balaban J connectivity index is 2.71. The molecule has 1 atom stereocenters. The molecular weight excluding hydrogens is 223 g/mol. The predicted octanol–water partition coefficient (Wildman–Crippen LogP) is 2.55. The topological polar surface area (TPSA) is 43.4 Å². The fourth-order valence-corrected chi connectivity index (χ4v) is 1.38. The summed E-state index contributed by atoms with van der Waals surface area (Å²) in [6.07, 6.45) is -0.504. The van der Waals surface area contributed by atoms with Crippen LogP contribution in [0.4, 0.5) is 4.39 Å². The standard InChI is InChI=1S/C13H15FO3/c1-3-17-12(16)13(2,14)9-11(15)10-7-5-4-6-8-10/h4-8H,3,9H2,1-2H3. The summed E-state index contributed by atoms with van der Waals surface area (Å²) in [6.45, 7) is 2.75. The van der Waals surface area contributed by atoms with E-state index in [1.54, 1.807) is 37.3 Å². The monoisotopic (exact) mass is 238 g/mol. The molecule has 0 N–H and O–H groups in total. The molecule has 0 spiro atoms. The minimum absolute atomic E-state index is 0.0951. The van der Waals surface area contributed by atoms with E-state index in [2.05, 4.69) is 4.74 Å². The van der Waals surface area contributed by atoms with Crippen LogP contribution in [0, 0.1) is 0 Å². The first-order valence-electron chi connectivity index (χ1n) is 5.41. The van der Waals surface area contributed by atoms with Crippen molar-refractivity contribution in [3.63, 3.8) is 0 Å². The van der Waals surface area contributed by atoms with E-state index >= 15 is 0 Å². The average Bonchev–Trinajstić information content (AvgIpc) is 2.30. The molecule has 0 heterocycles. The van der Waals surface area contributed by atoms with Crippen molar-refractivity contribution in [3.8, 4) is 0 Å². The van der Waals surface area contributed by atoms with Gasteiger partial charge in [0.2, 0.25) is 5.67 Å². The van der Waals surface area contributed by atoms with Gasteiger partial charge in [-0.15, -0.1) is 0 Å². The Kier molecular flexibility index (Phi) is 4.37. The van der Waals surface area contributed by atoms with Gasteiger partial charge in [-0.25, -0.2) is 9.18 Å². The van der Waals surface area contributed by atoms with Crippen LogP contribution in [0.2, 0.25) is 0 Å². The van der Waals surface area contributed by atoms with E-state index in [-0.39, 0.29) is 6.61 Å². The molecule has 1 rings (SSSR count). The zero-order valence-corrected chi connectivity index (χ0v) is 9.90. The summed E-state index contributed by atoms with van der Waals surface area (Å²) in [7, 11) is 0. The van der Waals surface area contributed by atoms with Crippen LogP contribution in [-0.4, -0.2) is 24.0 Å². The zero-order chi connectivity index (χ0) is 12.9. The van der Waals surface area contributed by atoms with E-state index in [9.17, 15) is 14.0 Å². The van der Waals surface area contributed by atoms with Gasteiger partial charge in [0.25, 0.3) is 0 Å². The van der Waals surface area contributed by atoms with Gasteiger partial charge in [-0.3, -0.25) is 4.79 Å². The van der Waals surface area contributed by atoms with E-state index < -0.39 is 23.8 Å². The molecule has 1 aromatic carbocycles. The molecule has 3 nitrogen and oxygen atoms in total. The van der Waals surface area contributed by atoms with Crippen LogP contribution in [0.5, 0.6) is 0 Å². The smallest absolute Gasteiger partial charge is 0.344 e. The Morgan fingerprint density at radius 3 is 2.41 bits per heavy atom. The lowest BCUT2D eigenvalue weighted by Crippen LogP contribution is -2.34. The first-order chi connectivity index (χ1) is 7.97. The van der Waals surface area contributed by atoms with Crippen LogP contribution in [-0.2, 0) is 9.53 Å². The van der Waals surface area contributed by atoms with Crippen molar-refractivity contribution in [2.45, 2.75) is 25.9 Å². The number of ether oxygens (including phenoxy) is 1. The number of ketones is 1. The molecule has 0 saturated carbocycles. The van der Waals surface area contributed by atoms with Gasteiger partial charge < -0.3 is 4.74 Å². The lowest BCUT2D eigenvalue weighted by Gasteiger charge is -2.17. The molecule has 0 radical (unpaired) electrons. The van der Waals surface area contributed by atoms with Crippen LogP contribution in [0.1, 0.15) is 30.6 Å². The Hall–Kier alpha value is -1.71. The molecule has 0 saturated heterocycles. The number of carbonyl (C=O) groups excluding carboxylic acids is 2. The van der Waals surface area contributed by atoms with Gasteiger partial charge in [0, 0.05) is 5.56 Å². The number of hydrogen-bond donors (Lipinski definition) is 0. The van der Waals surface area contributed by atoms with Gasteiger partial charge in [0.15, 0.2) is 5.78 Å². The molecule has 0 fully saturated rings. The van der Waals surface area contributed by atoms with Crippen LogP contribution in [0.25, 0.3) is 0 Å². The lowest BCUT2D eigenvalue weighted by molar-refractivity contribution is -0.155. The first kappa shape index (κ1) is 13.4. The fourth-order valence-electron chi connectivity index (χ4n) is 1.38. The molecular formula is C13H15FO3. The maximum Gasteiger partial charge on any atom is 0.344 e. The third-order valence-electron chi connectivity index (χ3n) is 2.29. The summed E-state index contributed by atoms with van der Waals surface area (Å²) >= 11 is 0. The van der Waals surface area contributed by atoms with Gasteiger partial charge in [0.1, 0.15) is 0 Å². The largest absolute Gasteiger partial charge is 0.464 e. The van der Waals surface area contributed by atoms with Crippen molar-refractivity contribution in [2.75, 3.05) is 6.61 Å². The number of benzene rings is 1. The highest BCUT2D eigenvalue weighted by Gasteiger charge is 2.37. The van der Waals surface area contributed by atoms with Gasteiger partial charge in [-0.05, 0) is 13.8 Å². The SMILES string of the molecule is CCOC(=O)C(C)(F)CC(=O)c1ccccc1. The second kappa shape index (κ2) is 5.57. The van der Waals surface area contributed by atoms with Crippen molar-refractivity contribution in [1.29, 1.82) is 0 Å². The van der Waals surface area contributed by atoms with Crippen molar-refractivity contribution in [1.82, 2.24) is 0 Å². The van der Waals surface area contributed by atoms with Crippen LogP contribution >= 0.6 is 0 Å². The molecule has 0 bridgehead atoms. The molecule has 0 aliphatic carbocycles. The third kappa shape index (κ3) is 3.66. The van der Waals surface area contributed by atoms with Crippen LogP contribution in [0.15, 0.2) is 30.3 Å². The van der Waals surface area contributed by atoms with E-state index in [0.717, 1.165) is 6.92 Å². The van der Waals surface area contributed by atoms with Crippen molar-refractivity contribution in [3.05, 3.63) is 35.9 Å². The number of halogens is 1. The number of alkyl halides is 1. The Labute approximate surface area is 99.6 Å². The first-order valence-corrected chi connectivity index (χ1v) is 5.41. The van der Waals surface area contributed by atoms with Crippen molar-refractivity contribution in [2.24, 2.45) is 0 Å². The summed E-state index contributed by atoms with van der Waals surface area (Å²) in [5.74, 6) is -1.41. The quantitative estimate of drug-likeness (QED) is 0.585. The molecule has 0 aromatic heterocycles. The fraction of sp³-hybridized carbons (Fsp3) is 0.385. The Morgan fingerprint density at radius 1 is 1.29 bits per heavy atom. The van der Waals surface area contributed by atoms with Crippen molar-refractivity contribution >= 4 is 11.8 Å². The Morgan fingerprint density at radius 2 is 1.88 bits per heavy atom. The highest BCUT2D eigenvalue weighted by Crippen LogP contribution is 2.20. The van der Waals surface area contributed by atoms with E-state index in [1.165, 1.54) is 0 Å². The normalized spacial score (nSPS) is 13.8. The maximum absolute atomic E-state index is 13.9. The number of hydrogen-bond acceptors (Lipinski definition) is 3. The summed E-state index contributed by atoms with van der Waals surface area (Å²) in [5, 5.41) is 0. The molecule has 0 amide bonds. The maximum atomic E-state index is 13.9. The molecule has 92 valence electrons. The number of esters is 1. The molecule has 1 unspecified atom stereocenters. The minimum Gasteiger partial charge on any atom is -0.464 e. The van der Waals surface area contributed by atoms with E-state index in [1.807, 2.05) is 0 Å². The molecule has 17 heavy (non-hydrogen) atoms. The van der Waals surface area contributed by atoms with Crippen molar-refractivity contribution < 1.29 is 18.7 Å². The van der Waals surface area contributed by atoms with Crippen LogP contribution in [0.3, 0.4) is 0 Å². The molecule has 1 aromatic rings. The molecule has 4 heteroatoms. The zero-order valence-electron chi connectivity index (χ0n) is 9.90. The highest BCUT2D eigenvalue weighted by atomic mass is 19.1. The molecule has 0 aliphatic rings. The Bertz CT molecular complexity index is 398. The summed E-state index contributed by atoms with van der Waals surface area (Å²) in [5.41, 5.74) is -1.89. The third-order valence-corrected chi connectivity index (χ3v) is 2.29. The summed E-state index contributed by atoms with van der Waals surface area (Å²) in [4.78, 5) is 23.0. The van der Waals surface area contributed by atoms with E-state index in [4.69, 9.17) is 0 Å². The van der Waals surface area contributed by atoms with E-state index in [0.29, 0.717) is 5.56 Å². The number of rotatable bonds is 5. The number of carbonyl (C=O) groups is 2. The number of Topliss-reactive ketones (excluding diaryl/α,β-unsaturated/α-hetero) is 1. The summed E-state index contributed by atoms with van der Waals surface area (Å²) < 4.78 is 18.5. The summed E-state index contributed by atoms with van der Waals surface area (Å²) in [6, 6.07) is 8.31. The van der Waals surface area contributed by atoms with Crippen LogP contribution < -0.4 is 0 Å². The second-order valence-electron chi connectivity index (χ2n) is 3.88. The van der Waals surface area contributed by atoms with Gasteiger partial charge in [-0.2, -0.15) is 0 Å². The second-order valence-corrected chi connectivity index (χ2v) is 3.88. The minimum atomic E-state index is -2.27. The average molecular weight is 238 g/mol. The highest BCUT2D eigenvalue weighted by molar-refractivity contribution is 5.99. The predicted molar refractivity (Wildman–Crippen MR) is 61.5 cm³/mol. The molecule has 0 aliphatic heterocycles. The van der Waals surface area contributed by atoms with Gasteiger partial charge in [0.05, 0.1) is 13.0 Å². The lowest BCUT2D eigenvalue weighted by atomic mass is 9.97. The van der Waals surface area contributed by atoms with Gasteiger partial charge in [-0.1, -0.05) is 30.3 Å².